The number of alkyl halides is 3. The van der Waals surface area contributed by atoms with E-state index in [0.29, 0.717) is 12.8 Å². The summed E-state index contributed by atoms with van der Waals surface area (Å²) in [7, 11) is 0. The Morgan fingerprint density at radius 2 is 2.06 bits per heavy atom. The minimum atomic E-state index is -4.43. The highest BCUT2D eigenvalue weighted by atomic mass is 19.4. The van der Waals surface area contributed by atoms with Crippen LogP contribution in [0.2, 0.25) is 0 Å². The summed E-state index contributed by atoms with van der Waals surface area (Å²) in [6.45, 7) is 2.20. The molecule has 0 radical (unpaired) electrons. The number of hydrogen-bond donors (Lipinski definition) is 1. The number of nitrogens with one attached hydrogen (secondary N) is 1. The molecular weight excluding hydrogens is 249 g/mol. The van der Waals surface area contributed by atoms with Crippen LogP contribution in [0.25, 0.3) is 0 Å². The standard InChI is InChI=1S/C10H15F3N4O/c1-3-7(4-2)17(5-10(11,12)13)9(18)8-14-6-15-16-8/h6-7H,3-5H2,1-2H3,(H,14,15,16). The van der Waals surface area contributed by atoms with Crippen LogP contribution in [0, 0.1) is 0 Å². The highest BCUT2D eigenvalue weighted by Gasteiger charge is 2.36. The van der Waals surface area contributed by atoms with E-state index in [1.54, 1.807) is 13.8 Å². The summed E-state index contributed by atoms with van der Waals surface area (Å²) < 4.78 is 37.5. The lowest BCUT2D eigenvalue weighted by Crippen LogP contribution is -2.45. The van der Waals surface area contributed by atoms with Crippen LogP contribution in [0.1, 0.15) is 37.3 Å². The summed E-state index contributed by atoms with van der Waals surface area (Å²) in [5, 5.41) is 5.75. The zero-order chi connectivity index (χ0) is 13.8. The Labute approximate surface area is 102 Å². The van der Waals surface area contributed by atoms with Gasteiger partial charge in [0.2, 0.25) is 5.82 Å². The lowest BCUT2D eigenvalue weighted by molar-refractivity contribution is -0.145. The lowest BCUT2D eigenvalue weighted by atomic mass is 10.1. The maximum absolute atomic E-state index is 12.5. The molecule has 1 aromatic rings. The van der Waals surface area contributed by atoms with Crippen LogP contribution < -0.4 is 0 Å². The number of aromatic nitrogens is 3. The van der Waals surface area contributed by atoms with Crippen molar-refractivity contribution in [3.05, 3.63) is 12.2 Å². The molecule has 1 heterocycles. The number of H-pyrrole nitrogens is 1. The van der Waals surface area contributed by atoms with Crippen LogP contribution >= 0.6 is 0 Å². The quantitative estimate of drug-likeness (QED) is 0.884. The summed E-state index contributed by atoms with van der Waals surface area (Å²) in [6, 6.07) is -0.468. The van der Waals surface area contributed by atoms with Gasteiger partial charge in [-0.15, -0.1) is 0 Å². The maximum Gasteiger partial charge on any atom is 0.406 e. The predicted octanol–water partition coefficient (Wildman–Crippen LogP) is 2.00. The first-order valence-electron chi connectivity index (χ1n) is 5.62. The third-order valence-electron chi connectivity index (χ3n) is 2.61. The third-order valence-corrected chi connectivity index (χ3v) is 2.61. The van der Waals surface area contributed by atoms with Crippen molar-refractivity contribution in [2.45, 2.75) is 38.9 Å². The lowest BCUT2D eigenvalue weighted by Gasteiger charge is -2.30. The van der Waals surface area contributed by atoms with Crippen molar-refractivity contribution in [3.63, 3.8) is 0 Å². The van der Waals surface area contributed by atoms with Crippen molar-refractivity contribution >= 4 is 5.91 Å². The van der Waals surface area contributed by atoms with Crippen LogP contribution in [-0.2, 0) is 0 Å². The molecule has 1 amide bonds. The Morgan fingerprint density at radius 1 is 1.44 bits per heavy atom. The molecule has 1 rings (SSSR count). The number of rotatable bonds is 5. The van der Waals surface area contributed by atoms with Crippen molar-refractivity contribution in [3.8, 4) is 0 Å². The van der Waals surface area contributed by atoms with Gasteiger partial charge in [-0.05, 0) is 12.8 Å². The van der Waals surface area contributed by atoms with Crippen LogP contribution in [0.15, 0.2) is 6.33 Å². The SMILES string of the molecule is CCC(CC)N(CC(F)(F)F)C(=O)c1ncn[nH]1. The van der Waals surface area contributed by atoms with Gasteiger partial charge >= 0.3 is 6.18 Å². The molecule has 0 aliphatic rings. The number of hydrogen-bond acceptors (Lipinski definition) is 3. The molecule has 5 nitrogen and oxygen atoms in total. The van der Waals surface area contributed by atoms with Gasteiger partial charge in [-0.3, -0.25) is 9.89 Å². The van der Waals surface area contributed by atoms with Crippen molar-refractivity contribution in [1.29, 1.82) is 0 Å². The molecule has 0 aromatic carbocycles. The smallest absolute Gasteiger partial charge is 0.324 e. The first-order chi connectivity index (χ1) is 8.39. The molecule has 0 aliphatic heterocycles. The second-order valence-corrected chi connectivity index (χ2v) is 3.85. The Bertz CT molecular complexity index is 373. The van der Waals surface area contributed by atoms with E-state index in [9.17, 15) is 18.0 Å². The van der Waals surface area contributed by atoms with Gasteiger partial charge in [-0.25, -0.2) is 4.98 Å². The average Bonchev–Trinajstić information content (AvgIpc) is 2.80. The highest BCUT2D eigenvalue weighted by molar-refractivity contribution is 5.90. The summed E-state index contributed by atoms with van der Waals surface area (Å²) in [6.07, 6.45) is -2.44. The maximum atomic E-state index is 12.5. The average molecular weight is 264 g/mol. The first kappa shape index (κ1) is 14.5. The number of carbonyl (C=O) groups is 1. The molecule has 0 aliphatic carbocycles. The largest absolute Gasteiger partial charge is 0.406 e. The van der Waals surface area contributed by atoms with Crippen LogP contribution in [0.5, 0.6) is 0 Å². The molecule has 0 saturated carbocycles. The zero-order valence-electron chi connectivity index (χ0n) is 10.2. The molecule has 1 aromatic heterocycles. The summed E-state index contributed by atoms with van der Waals surface area (Å²) in [5.74, 6) is -0.954. The third kappa shape index (κ3) is 3.71. The summed E-state index contributed by atoms with van der Waals surface area (Å²) >= 11 is 0. The molecule has 1 N–H and O–H groups in total. The molecule has 18 heavy (non-hydrogen) atoms. The number of aromatic amines is 1. The van der Waals surface area contributed by atoms with Crippen molar-refractivity contribution in [2.24, 2.45) is 0 Å². The van der Waals surface area contributed by atoms with Gasteiger partial charge in [-0.1, -0.05) is 13.8 Å². The molecule has 8 heteroatoms. The Kier molecular flexibility index (Phi) is 4.69. The molecular formula is C10H15F3N4O. The molecule has 0 spiro atoms. The van der Waals surface area contributed by atoms with Crippen molar-refractivity contribution in [2.75, 3.05) is 6.54 Å². The van der Waals surface area contributed by atoms with Crippen LogP contribution in [-0.4, -0.2) is 44.8 Å². The molecule has 0 fully saturated rings. The van der Waals surface area contributed by atoms with Crippen LogP contribution in [0.4, 0.5) is 13.2 Å². The first-order valence-corrected chi connectivity index (χ1v) is 5.62. The normalized spacial score (nSPS) is 11.9. The second-order valence-electron chi connectivity index (χ2n) is 3.85. The van der Waals surface area contributed by atoms with E-state index < -0.39 is 24.7 Å². The van der Waals surface area contributed by atoms with E-state index in [1.165, 1.54) is 0 Å². The predicted molar refractivity (Wildman–Crippen MR) is 57.8 cm³/mol. The van der Waals surface area contributed by atoms with Gasteiger partial charge in [0.1, 0.15) is 12.9 Å². The van der Waals surface area contributed by atoms with E-state index in [4.69, 9.17) is 0 Å². The van der Waals surface area contributed by atoms with E-state index >= 15 is 0 Å². The van der Waals surface area contributed by atoms with E-state index in [1.807, 2.05) is 0 Å². The number of halogens is 3. The summed E-state index contributed by atoms with van der Waals surface area (Å²) in [5.41, 5.74) is 0. The van der Waals surface area contributed by atoms with Gasteiger partial charge < -0.3 is 4.90 Å². The van der Waals surface area contributed by atoms with Gasteiger partial charge in [0, 0.05) is 6.04 Å². The van der Waals surface area contributed by atoms with E-state index in [-0.39, 0.29) is 5.82 Å². The van der Waals surface area contributed by atoms with Crippen molar-refractivity contribution < 1.29 is 18.0 Å². The molecule has 102 valence electrons. The van der Waals surface area contributed by atoms with Crippen LogP contribution in [0.3, 0.4) is 0 Å². The number of carbonyl (C=O) groups excluding carboxylic acids is 1. The van der Waals surface area contributed by atoms with E-state index in [0.717, 1.165) is 11.2 Å². The Hall–Kier alpha value is -1.60. The number of nitrogens with zero attached hydrogens (tertiary/aromatic N) is 3. The molecule has 0 atom stereocenters. The molecule has 0 saturated heterocycles. The second kappa shape index (κ2) is 5.83. The van der Waals surface area contributed by atoms with Gasteiger partial charge in [0.25, 0.3) is 5.91 Å². The highest BCUT2D eigenvalue weighted by Crippen LogP contribution is 2.21. The van der Waals surface area contributed by atoms with Crippen molar-refractivity contribution in [1.82, 2.24) is 20.1 Å². The molecule has 0 unspecified atom stereocenters. The van der Waals surface area contributed by atoms with Gasteiger partial charge in [0.15, 0.2) is 0 Å². The van der Waals surface area contributed by atoms with Gasteiger partial charge in [-0.2, -0.15) is 18.3 Å². The zero-order valence-corrected chi connectivity index (χ0v) is 10.2. The van der Waals surface area contributed by atoms with Gasteiger partial charge in [0.05, 0.1) is 0 Å². The Balaban J connectivity index is 2.93. The monoisotopic (exact) mass is 264 g/mol. The van der Waals surface area contributed by atoms with E-state index in [2.05, 4.69) is 15.2 Å². The fraction of sp³-hybridized carbons (Fsp3) is 0.700. The number of amides is 1. The molecule has 0 bridgehead atoms. The minimum Gasteiger partial charge on any atom is -0.324 e. The topological polar surface area (TPSA) is 61.9 Å². The fourth-order valence-electron chi connectivity index (χ4n) is 1.73. The fourth-order valence-corrected chi connectivity index (χ4v) is 1.73. The Morgan fingerprint density at radius 3 is 2.44 bits per heavy atom. The minimum absolute atomic E-state index is 0.175. The summed E-state index contributed by atoms with van der Waals surface area (Å²) in [4.78, 5) is 16.3.